The van der Waals surface area contributed by atoms with E-state index in [0.29, 0.717) is 11.4 Å². The van der Waals surface area contributed by atoms with Gasteiger partial charge in [0.15, 0.2) is 0 Å². The van der Waals surface area contributed by atoms with Gasteiger partial charge in [0, 0.05) is 31.9 Å². The largest absolute Gasteiger partial charge is 0.339 e. The summed E-state index contributed by atoms with van der Waals surface area (Å²) >= 11 is 1.29. The molecule has 0 spiro atoms. The second kappa shape index (κ2) is 7.99. The molecule has 2 N–H and O–H groups in total. The number of carbonyl (C=O) groups is 2. The Labute approximate surface area is 127 Å². The van der Waals surface area contributed by atoms with Crippen LogP contribution in [0.1, 0.15) is 0 Å². The van der Waals surface area contributed by atoms with Gasteiger partial charge < -0.3 is 15.5 Å². The molecule has 114 valence electrons. The van der Waals surface area contributed by atoms with E-state index in [1.54, 1.807) is 4.90 Å². The minimum absolute atomic E-state index is 0.0658. The Morgan fingerprint density at radius 2 is 1.86 bits per heavy atom. The SMILES string of the molecule is O=C(CSCC(=O)N1CCNCC1)Nc1ccc(F)cc1. The second-order valence-corrected chi connectivity index (χ2v) is 5.66. The first-order chi connectivity index (χ1) is 10.1. The molecule has 0 radical (unpaired) electrons. The first-order valence-corrected chi connectivity index (χ1v) is 7.92. The maximum Gasteiger partial charge on any atom is 0.234 e. The highest BCUT2D eigenvalue weighted by molar-refractivity contribution is 8.00. The lowest BCUT2D eigenvalue weighted by atomic mass is 10.3. The Balaban J connectivity index is 1.66. The molecule has 7 heteroatoms. The van der Waals surface area contributed by atoms with Gasteiger partial charge in [-0.2, -0.15) is 0 Å². The standard InChI is InChI=1S/C14H18FN3O2S/c15-11-1-3-12(4-2-11)17-13(19)9-21-10-14(20)18-7-5-16-6-8-18/h1-4,16H,5-10H2,(H,17,19). The predicted molar refractivity (Wildman–Crippen MR) is 81.8 cm³/mol. The Morgan fingerprint density at radius 3 is 2.52 bits per heavy atom. The summed E-state index contributed by atoms with van der Waals surface area (Å²) in [6.45, 7) is 3.09. The predicted octanol–water partition coefficient (Wildman–Crippen LogP) is 0.929. The summed E-state index contributed by atoms with van der Waals surface area (Å²) in [6.07, 6.45) is 0. The Morgan fingerprint density at radius 1 is 1.19 bits per heavy atom. The highest BCUT2D eigenvalue weighted by Crippen LogP contribution is 2.10. The van der Waals surface area contributed by atoms with Crippen LogP contribution in [0.2, 0.25) is 0 Å². The smallest absolute Gasteiger partial charge is 0.234 e. The van der Waals surface area contributed by atoms with E-state index in [0.717, 1.165) is 26.2 Å². The van der Waals surface area contributed by atoms with Crippen molar-refractivity contribution < 1.29 is 14.0 Å². The van der Waals surface area contributed by atoms with Gasteiger partial charge in [-0.15, -0.1) is 11.8 Å². The fourth-order valence-corrected chi connectivity index (χ4v) is 2.68. The van der Waals surface area contributed by atoms with E-state index in [2.05, 4.69) is 10.6 Å². The van der Waals surface area contributed by atoms with Crippen LogP contribution in [-0.4, -0.2) is 54.4 Å². The van der Waals surface area contributed by atoms with Crippen LogP contribution in [0.4, 0.5) is 10.1 Å². The number of halogens is 1. The van der Waals surface area contributed by atoms with Crippen molar-refractivity contribution in [1.29, 1.82) is 0 Å². The van der Waals surface area contributed by atoms with E-state index in [1.807, 2.05) is 0 Å². The highest BCUT2D eigenvalue weighted by atomic mass is 32.2. The third kappa shape index (κ3) is 5.35. The number of hydrogen-bond acceptors (Lipinski definition) is 4. The second-order valence-electron chi connectivity index (χ2n) is 4.68. The number of rotatable bonds is 5. The average molecular weight is 311 g/mol. The minimum Gasteiger partial charge on any atom is -0.339 e. The van der Waals surface area contributed by atoms with E-state index in [4.69, 9.17) is 0 Å². The zero-order chi connectivity index (χ0) is 15.1. The Bertz CT molecular complexity index is 489. The molecule has 1 aliphatic rings. The number of piperazine rings is 1. The number of anilines is 1. The fourth-order valence-electron chi connectivity index (χ4n) is 1.97. The molecule has 0 saturated carbocycles. The summed E-state index contributed by atoms with van der Waals surface area (Å²) < 4.78 is 12.7. The molecule has 1 aromatic carbocycles. The van der Waals surface area contributed by atoms with Gasteiger partial charge in [0.1, 0.15) is 5.82 Å². The lowest BCUT2D eigenvalue weighted by molar-refractivity contribution is -0.128. The van der Waals surface area contributed by atoms with Gasteiger partial charge in [-0.1, -0.05) is 0 Å². The van der Waals surface area contributed by atoms with Crippen LogP contribution in [0.25, 0.3) is 0 Å². The third-order valence-electron chi connectivity index (χ3n) is 3.06. The Kier molecular flexibility index (Phi) is 6.01. The van der Waals surface area contributed by atoms with Crippen molar-refractivity contribution in [3.05, 3.63) is 30.1 Å². The molecule has 0 aromatic heterocycles. The van der Waals surface area contributed by atoms with Crippen molar-refractivity contribution in [2.75, 3.05) is 43.0 Å². The van der Waals surface area contributed by atoms with Crippen LogP contribution >= 0.6 is 11.8 Å². The molecule has 1 saturated heterocycles. The normalized spacial score (nSPS) is 14.8. The van der Waals surface area contributed by atoms with Crippen LogP contribution in [0.5, 0.6) is 0 Å². The summed E-state index contributed by atoms with van der Waals surface area (Å²) in [6, 6.07) is 5.58. The molecule has 1 aromatic rings. The highest BCUT2D eigenvalue weighted by Gasteiger charge is 2.16. The van der Waals surface area contributed by atoms with Crippen molar-refractivity contribution in [3.63, 3.8) is 0 Å². The van der Waals surface area contributed by atoms with Crippen molar-refractivity contribution >= 4 is 29.3 Å². The molecule has 2 amide bonds. The van der Waals surface area contributed by atoms with Crippen molar-refractivity contribution in [2.24, 2.45) is 0 Å². The number of carbonyl (C=O) groups excluding carboxylic acids is 2. The van der Waals surface area contributed by atoms with Crippen molar-refractivity contribution in [1.82, 2.24) is 10.2 Å². The van der Waals surface area contributed by atoms with E-state index < -0.39 is 0 Å². The Hall–Kier alpha value is -1.60. The van der Waals surface area contributed by atoms with Crippen LogP contribution < -0.4 is 10.6 Å². The molecule has 1 fully saturated rings. The van der Waals surface area contributed by atoms with E-state index in [9.17, 15) is 14.0 Å². The van der Waals surface area contributed by atoms with Crippen LogP contribution in [0.15, 0.2) is 24.3 Å². The summed E-state index contributed by atoms with van der Waals surface area (Å²) in [5, 5.41) is 5.84. The van der Waals surface area contributed by atoms with Gasteiger partial charge in [0.05, 0.1) is 11.5 Å². The molecule has 5 nitrogen and oxygen atoms in total. The monoisotopic (exact) mass is 311 g/mol. The molecule has 0 unspecified atom stereocenters. The summed E-state index contributed by atoms with van der Waals surface area (Å²) in [7, 11) is 0. The number of hydrogen-bond donors (Lipinski definition) is 2. The fraction of sp³-hybridized carbons (Fsp3) is 0.429. The van der Waals surface area contributed by atoms with Crippen molar-refractivity contribution in [2.45, 2.75) is 0 Å². The first-order valence-electron chi connectivity index (χ1n) is 6.77. The number of benzene rings is 1. The number of thioether (sulfide) groups is 1. The summed E-state index contributed by atoms with van der Waals surface area (Å²) in [5.74, 6) is 0.0336. The van der Waals surface area contributed by atoms with E-state index in [-0.39, 0.29) is 23.4 Å². The molecule has 1 aliphatic heterocycles. The molecule has 1 heterocycles. The van der Waals surface area contributed by atoms with E-state index in [1.165, 1.54) is 36.0 Å². The zero-order valence-electron chi connectivity index (χ0n) is 11.6. The lowest BCUT2D eigenvalue weighted by Crippen LogP contribution is -2.47. The molecular formula is C14H18FN3O2S. The molecule has 0 bridgehead atoms. The molecular weight excluding hydrogens is 293 g/mol. The lowest BCUT2D eigenvalue weighted by Gasteiger charge is -2.27. The average Bonchev–Trinajstić information content (AvgIpc) is 2.50. The number of nitrogens with zero attached hydrogens (tertiary/aromatic N) is 1. The molecule has 0 atom stereocenters. The summed E-state index contributed by atoms with van der Waals surface area (Å²) in [4.78, 5) is 25.4. The number of nitrogens with one attached hydrogen (secondary N) is 2. The quantitative estimate of drug-likeness (QED) is 0.849. The maximum atomic E-state index is 12.7. The first kappa shape index (κ1) is 15.8. The van der Waals surface area contributed by atoms with Crippen LogP contribution in [-0.2, 0) is 9.59 Å². The van der Waals surface area contributed by atoms with Gasteiger partial charge >= 0.3 is 0 Å². The van der Waals surface area contributed by atoms with Gasteiger partial charge in [-0.25, -0.2) is 4.39 Å². The van der Waals surface area contributed by atoms with E-state index >= 15 is 0 Å². The molecule has 21 heavy (non-hydrogen) atoms. The minimum atomic E-state index is -0.344. The molecule has 0 aliphatic carbocycles. The van der Waals surface area contributed by atoms with Gasteiger partial charge in [0.2, 0.25) is 11.8 Å². The van der Waals surface area contributed by atoms with Crippen LogP contribution in [0, 0.1) is 5.82 Å². The van der Waals surface area contributed by atoms with Gasteiger partial charge in [-0.05, 0) is 24.3 Å². The van der Waals surface area contributed by atoms with Crippen LogP contribution in [0.3, 0.4) is 0 Å². The third-order valence-corrected chi connectivity index (χ3v) is 3.97. The summed E-state index contributed by atoms with van der Waals surface area (Å²) in [5.41, 5.74) is 0.551. The maximum absolute atomic E-state index is 12.7. The van der Waals surface area contributed by atoms with Crippen molar-refractivity contribution in [3.8, 4) is 0 Å². The molecule has 2 rings (SSSR count). The number of amides is 2. The topological polar surface area (TPSA) is 61.4 Å². The van der Waals surface area contributed by atoms with Gasteiger partial charge in [0.25, 0.3) is 0 Å². The van der Waals surface area contributed by atoms with Gasteiger partial charge in [-0.3, -0.25) is 9.59 Å². The zero-order valence-corrected chi connectivity index (χ0v) is 12.4.